The summed E-state index contributed by atoms with van der Waals surface area (Å²) in [4.78, 5) is 24.0. The second-order valence-electron chi connectivity index (χ2n) is 7.53. The van der Waals surface area contributed by atoms with Gasteiger partial charge in [0.15, 0.2) is 5.82 Å². The SMILES string of the molecule is O=c1[nH]ncc2nc(-c3ccccc3)nc(NC3=CC/C(=C\N4CCNCC4)C=C3)c12. The highest BCUT2D eigenvalue weighted by Crippen LogP contribution is 2.25. The summed E-state index contributed by atoms with van der Waals surface area (Å²) in [5, 5.41) is 13.5. The van der Waals surface area contributed by atoms with Crippen molar-refractivity contribution in [2.45, 2.75) is 6.42 Å². The lowest BCUT2D eigenvalue weighted by molar-refractivity contribution is 0.322. The molecular weight excluding hydrogens is 390 g/mol. The fourth-order valence-corrected chi connectivity index (χ4v) is 3.74. The highest BCUT2D eigenvalue weighted by molar-refractivity contribution is 5.90. The van der Waals surface area contributed by atoms with Gasteiger partial charge in [-0.1, -0.05) is 42.5 Å². The minimum Gasteiger partial charge on any atom is -0.375 e. The number of nitrogens with zero attached hydrogens (tertiary/aromatic N) is 4. The molecule has 1 aliphatic carbocycles. The molecule has 1 saturated heterocycles. The monoisotopic (exact) mass is 413 g/mol. The summed E-state index contributed by atoms with van der Waals surface area (Å²) in [7, 11) is 0. The number of piperazine rings is 1. The summed E-state index contributed by atoms with van der Waals surface area (Å²) in [6.07, 6.45) is 10.8. The van der Waals surface area contributed by atoms with Crippen LogP contribution in [-0.4, -0.2) is 51.2 Å². The van der Waals surface area contributed by atoms with Crippen LogP contribution in [-0.2, 0) is 0 Å². The molecule has 0 atom stereocenters. The Hall–Kier alpha value is -3.78. The molecule has 3 N–H and O–H groups in total. The molecule has 2 aromatic heterocycles. The van der Waals surface area contributed by atoms with E-state index in [1.54, 1.807) is 6.20 Å². The first-order chi connectivity index (χ1) is 15.3. The number of hydrogen-bond donors (Lipinski definition) is 3. The number of hydrogen-bond acceptors (Lipinski definition) is 7. The summed E-state index contributed by atoms with van der Waals surface area (Å²) >= 11 is 0. The van der Waals surface area contributed by atoms with Crippen molar-refractivity contribution in [3.8, 4) is 11.4 Å². The van der Waals surface area contributed by atoms with Gasteiger partial charge < -0.3 is 15.5 Å². The zero-order valence-corrected chi connectivity index (χ0v) is 17.0. The Morgan fingerprint density at radius 1 is 1.06 bits per heavy atom. The van der Waals surface area contributed by atoms with Gasteiger partial charge in [-0.25, -0.2) is 15.1 Å². The lowest BCUT2D eigenvalue weighted by Gasteiger charge is -2.27. The Balaban J connectivity index is 1.44. The Morgan fingerprint density at radius 2 is 1.90 bits per heavy atom. The normalized spacial score (nSPS) is 17.7. The van der Waals surface area contributed by atoms with E-state index < -0.39 is 0 Å². The van der Waals surface area contributed by atoms with Crippen LogP contribution in [0.4, 0.5) is 5.82 Å². The molecular formula is C23H23N7O. The van der Waals surface area contributed by atoms with Crippen LogP contribution in [0.1, 0.15) is 6.42 Å². The summed E-state index contributed by atoms with van der Waals surface area (Å²) < 4.78 is 0. The molecule has 8 heteroatoms. The van der Waals surface area contributed by atoms with E-state index in [1.165, 1.54) is 5.57 Å². The van der Waals surface area contributed by atoms with Crippen molar-refractivity contribution < 1.29 is 0 Å². The lowest BCUT2D eigenvalue weighted by atomic mass is 10.1. The maximum absolute atomic E-state index is 12.5. The van der Waals surface area contributed by atoms with Crippen molar-refractivity contribution in [1.82, 2.24) is 30.4 Å². The predicted octanol–water partition coefficient (Wildman–Crippen LogP) is 2.42. The highest BCUT2D eigenvalue weighted by Gasteiger charge is 2.14. The van der Waals surface area contributed by atoms with Crippen molar-refractivity contribution in [3.05, 3.63) is 82.6 Å². The lowest BCUT2D eigenvalue weighted by Crippen LogP contribution is -2.40. The van der Waals surface area contributed by atoms with Crippen molar-refractivity contribution in [1.29, 1.82) is 0 Å². The molecule has 0 radical (unpaired) electrons. The second-order valence-corrected chi connectivity index (χ2v) is 7.53. The summed E-state index contributed by atoms with van der Waals surface area (Å²) in [6.45, 7) is 4.09. The van der Waals surface area contributed by atoms with Gasteiger partial charge in [0.1, 0.15) is 16.7 Å². The smallest absolute Gasteiger partial charge is 0.277 e. The van der Waals surface area contributed by atoms with Gasteiger partial charge in [0.2, 0.25) is 0 Å². The molecule has 0 saturated carbocycles. The molecule has 1 aromatic carbocycles. The van der Waals surface area contributed by atoms with Crippen LogP contribution in [0.25, 0.3) is 22.3 Å². The fraction of sp³-hybridized carbons (Fsp3) is 0.217. The maximum Gasteiger partial charge on any atom is 0.277 e. The molecule has 1 fully saturated rings. The highest BCUT2D eigenvalue weighted by atomic mass is 16.1. The minimum atomic E-state index is -0.320. The van der Waals surface area contributed by atoms with Crippen molar-refractivity contribution >= 4 is 16.7 Å². The third-order valence-corrected chi connectivity index (χ3v) is 5.35. The summed E-state index contributed by atoms with van der Waals surface area (Å²) in [5.41, 5.74) is 3.21. The average molecular weight is 413 g/mol. The minimum absolute atomic E-state index is 0.320. The average Bonchev–Trinajstić information content (AvgIpc) is 2.81. The van der Waals surface area contributed by atoms with Crippen LogP contribution < -0.4 is 16.2 Å². The van der Waals surface area contributed by atoms with Gasteiger partial charge >= 0.3 is 0 Å². The van der Waals surface area contributed by atoms with E-state index in [1.807, 2.05) is 36.4 Å². The number of nitrogens with one attached hydrogen (secondary N) is 3. The first kappa shape index (κ1) is 19.2. The number of H-pyrrole nitrogens is 1. The van der Waals surface area contributed by atoms with Crippen LogP contribution in [0.2, 0.25) is 0 Å². The van der Waals surface area contributed by atoms with Crippen LogP contribution in [0.15, 0.2) is 77.0 Å². The third-order valence-electron chi connectivity index (χ3n) is 5.35. The Kier molecular flexibility index (Phi) is 5.28. The van der Waals surface area contributed by atoms with Gasteiger partial charge in [0.05, 0.1) is 6.20 Å². The van der Waals surface area contributed by atoms with E-state index in [0.717, 1.165) is 43.9 Å². The van der Waals surface area contributed by atoms with Crippen molar-refractivity contribution in [2.75, 3.05) is 31.5 Å². The standard InChI is InChI=1S/C23H23N7O/c31-23-20-19(14-25-29-23)27-21(17-4-2-1-3-5-17)28-22(20)26-18-8-6-16(7-9-18)15-30-12-10-24-11-13-30/h1-6,8-9,14-15,24H,7,10-13H2,(H,29,31)(H,26,27,28)/b16-15-. The van der Waals surface area contributed by atoms with Gasteiger partial charge in [0.25, 0.3) is 5.56 Å². The maximum atomic E-state index is 12.5. The van der Waals surface area contributed by atoms with Crippen LogP contribution in [0, 0.1) is 0 Å². The summed E-state index contributed by atoms with van der Waals surface area (Å²) in [6, 6.07) is 9.70. The molecule has 8 nitrogen and oxygen atoms in total. The first-order valence-corrected chi connectivity index (χ1v) is 10.4. The van der Waals surface area contributed by atoms with E-state index in [4.69, 9.17) is 0 Å². The molecule has 2 aliphatic rings. The van der Waals surface area contributed by atoms with Gasteiger partial charge in [-0.15, -0.1) is 0 Å². The van der Waals surface area contributed by atoms with Gasteiger partial charge in [0, 0.05) is 43.6 Å². The second kappa shape index (κ2) is 8.53. The molecule has 0 amide bonds. The molecule has 1 aliphatic heterocycles. The molecule has 0 unspecified atom stereocenters. The molecule has 31 heavy (non-hydrogen) atoms. The third kappa shape index (κ3) is 4.24. The molecule has 3 heterocycles. The zero-order valence-electron chi connectivity index (χ0n) is 17.0. The quantitative estimate of drug-likeness (QED) is 0.604. The van der Waals surface area contributed by atoms with Gasteiger partial charge in [-0.05, 0) is 18.1 Å². The number of anilines is 1. The Morgan fingerprint density at radius 3 is 2.68 bits per heavy atom. The van der Waals surface area contributed by atoms with Crippen LogP contribution in [0.5, 0.6) is 0 Å². The summed E-state index contributed by atoms with van der Waals surface area (Å²) in [5.74, 6) is 1.01. The van der Waals surface area contributed by atoms with E-state index >= 15 is 0 Å². The van der Waals surface area contributed by atoms with Crippen LogP contribution >= 0.6 is 0 Å². The first-order valence-electron chi connectivity index (χ1n) is 10.4. The van der Waals surface area contributed by atoms with E-state index in [0.29, 0.717) is 22.5 Å². The predicted molar refractivity (Wildman–Crippen MR) is 121 cm³/mol. The molecule has 0 bridgehead atoms. The van der Waals surface area contributed by atoms with Gasteiger partial charge in [-0.3, -0.25) is 4.79 Å². The number of benzene rings is 1. The zero-order chi connectivity index (χ0) is 21.0. The molecule has 3 aromatic rings. The molecule has 156 valence electrons. The van der Waals surface area contributed by atoms with E-state index in [2.05, 4.69) is 54.1 Å². The van der Waals surface area contributed by atoms with Crippen molar-refractivity contribution in [2.24, 2.45) is 0 Å². The van der Waals surface area contributed by atoms with Gasteiger partial charge in [-0.2, -0.15) is 5.10 Å². The fourth-order valence-electron chi connectivity index (χ4n) is 3.74. The van der Waals surface area contributed by atoms with Crippen LogP contribution in [0.3, 0.4) is 0 Å². The van der Waals surface area contributed by atoms with E-state index in [-0.39, 0.29) is 5.56 Å². The van der Waals surface area contributed by atoms with Crippen molar-refractivity contribution in [3.63, 3.8) is 0 Å². The number of aromatic amines is 1. The molecule has 5 rings (SSSR count). The Bertz CT molecular complexity index is 1240. The number of allylic oxidation sites excluding steroid dienone is 4. The largest absolute Gasteiger partial charge is 0.375 e. The molecule has 0 spiro atoms. The number of aromatic nitrogens is 4. The van der Waals surface area contributed by atoms with E-state index in [9.17, 15) is 4.79 Å². The number of fused-ring (bicyclic) bond motifs is 1. The Labute approximate surface area is 179 Å². The topological polar surface area (TPSA) is 98.8 Å². The number of rotatable bonds is 4.